The first-order valence-corrected chi connectivity index (χ1v) is 9.96. The van der Waals surface area contributed by atoms with Gasteiger partial charge in [-0.05, 0) is 86.4 Å². The van der Waals surface area contributed by atoms with E-state index in [2.05, 4.69) is 26.8 Å². The molecule has 0 radical (unpaired) electrons. The van der Waals surface area contributed by atoms with E-state index in [0.29, 0.717) is 24.2 Å². The van der Waals surface area contributed by atoms with Crippen LogP contribution in [0, 0.1) is 34.5 Å². The van der Waals surface area contributed by atoms with Crippen molar-refractivity contribution in [3.8, 4) is 0 Å². The zero-order chi connectivity index (χ0) is 17.5. The van der Waals surface area contributed by atoms with Gasteiger partial charge in [-0.25, -0.2) is 0 Å². The molecule has 0 aliphatic heterocycles. The highest BCUT2D eigenvalue weighted by molar-refractivity contribution is 5.23. The molecule has 3 heteroatoms. The summed E-state index contributed by atoms with van der Waals surface area (Å²) in [6.07, 6.45) is 9.28. The van der Waals surface area contributed by atoms with E-state index >= 15 is 0 Å². The SMILES string of the molecule is CC=C1CCC2[C@H](CO)C(C3(C)CCC(O)CC3CO)CCC12C. The van der Waals surface area contributed by atoms with Gasteiger partial charge >= 0.3 is 0 Å². The Morgan fingerprint density at radius 3 is 2.42 bits per heavy atom. The molecule has 7 atom stereocenters. The maximum absolute atomic E-state index is 10.3. The molecule has 138 valence electrons. The lowest BCUT2D eigenvalue weighted by atomic mass is 9.49. The van der Waals surface area contributed by atoms with Gasteiger partial charge in [0.05, 0.1) is 6.10 Å². The number of fused-ring (bicyclic) bond motifs is 1. The van der Waals surface area contributed by atoms with Crippen LogP contribution < -0.4 is 0 Å². The molecule has 3 fully saturated rings. The van der Waals surface area contributed by atoms with Crippen LogP contribution in [0.25, 0.3) is 0 Å². The van der Waals surface area contributed by atoms with Gasteiger partial charge in [0.15, 0.2) is 0 Å². The third-order valence-electron chi connectivity index (χ3n) is 8.42. The van der Waals surface area contributed by atoms with Crippen LogP contribution in [-0.2, 0) is 0 Å². The molecule has 0 aromatic heterocycles. The summed E-state index contributed by atoms with van der Waals surface area (Å²) in [7, 11) is 0. The molecular formula is C21H36O3. The molecule has 24 heavy (non-hydrogen) atoms. The first kappa shape index (κ1) is 18.4. The van der Waals surface area contributed by atoms with Crippen molar-refractivity contribution < 1.29 is 15.3 Å². The summed E-state index contributed by atoms with van der Waals surface area (Å²) >= 11 is 0. The first-order chi connectivity index (χ1) is 11.4. The lowest BCUT2D eigenvalue weighted by Gasteiger charge is -2.56. The highest BCUT2D eigenvalue weighted by atomic mass is 16.3. The molecule has 3 aliphatic carbocycles. The van der Waals surface area contributed by atoms with Crippen LogP contribution in [0.3, 0.4) is 0 Å². The molecule has 3 aliphatic rings. The third-order valence-corrected chi connectivity index (χ3v) is 8.42. The molecule has 0 aromatic carbocycles. The fourth-order valence-electron chi connectivity index (χ4n) is 6.85. The molecular weight excluding hydrogens is 300 g/mol. The van der Waals surface area contributed by atoms with E-state index in [0.717, 1.165) is 19.3 Å². The monoisotopic (exact) mass is 336 g/mol. The summed E-state index contributed by atoms with van der Waals surface area (Å²) in [6, 6.07) is 0. The van der Waals surface area contributed by atoms with E-state index in [4.69, 9.17) is 0 Å². The number of aliphatic hydroxyl groups excluding tert-OH is 3. The van der Waals surface area contributed by atoms with Gasteiger partial charge in [-0.15, -0.1) is 0 Å². The Labute approximate surface area is 147 Å². The smallest absolute Gasteiger partial charge is 0.0544 e. The van der Waals surface area contributed by atoms with Crippen molar-refractivity contribution in [2.75, 3.05) is 13.2 Å². The largest absolute Gasteiger partial charge is 0.396 e. The van der Waals surface area contributed by atoms with E-state index in [1.165, 1.54) is 19.3 Å². The van der Waals surface area contributed by atoms with Crippen molar-refractivity contribution in [1.82, 2.24) is 0 Å². The summed E-state index contributed by atoms with van der Waals surface area (Å²) in [4.78, 5) is 0. The minimum atomic E-state index is -0.266. The van der Waals surface area contributed by atoms with Gasteiger partial charge in [-0.2, -0.15) is 0 Å². The predicted molar refractivity (Wildman–Crippen MR) is 96.4 cm³/mol. The zero-order valence-corrected chi connectivity index (χ0v) is 15.7. The fourth-order valence-corrected chi connectivity index (χ4v) is 6.85. The average Bonchev–Trinajstić information content (AvgIpc) is 2.92. The lowest BCUT2D eigenvalue weighted by Crippen LogP contribution is -2.52. The van der Waals surface area contributed by atoms with E-state index in [1.807, 2.05) is 0 Å². The minimum Gasteiger partial charge on any atom is -0.396 e. The Bertz CT molecular complexity index is 487. The molecule has 3 rings (SSSR count). The van der Waals surface area contributed by atoms with E-state index < -0.39 is 0 Å². The second kappa shape index (κ2) is 6.74. The Morgan fingerprint density at radius 2 is 1.79 bits per heavy atom. The summed E-state index contributed by atoms with van der Waals surface area (Å²) in [5.74, 6) is 1.51. The summed E-state index contributed by atoms with van der Waals surface area (Å²) in [6.45, 7) is 7.31. The first-order valence-electron chi connectivity index (χ1n) is 9.96. The summed E-state index contributed by atoms with van der Waals surface area (Å²) in [5.41, 5.74) is 1.89. The zero-order valence-electron chi connectivity index (χ0n) is 15.7. The molecule has 3 N–H and O–H groups in total. The van der Waals surface area contributed by atoms with Crippen LogP contribution in [0.1, 0.15) is 65.7 Å². The molecule has 0 saturated heterocycles. The van der Waals surface area contributed by atoms with Gasteiger partial charge in [-0.3, -0.25) is 0 Å². The Balaban J connectivity index is 1.89. The molecule has 0 spiro atoms. The van der Waals surface area contributed by atoms with Crippen molar-refractivity contribution in [1.29, 1.82) is 0 Å². The van der Waals surface area contributed by atoms with Gasteiger partial charge in [0.1, 0.15) is 0 Å². The van der Waals surface area contributed by atoms with E-state index in [1.54, 1.807) is 5.57 Å². The Morgan fingerprint density at radius 1 is 1.04 bits per heavy atom. The lowest BCUT2D eigenvalue weighted by molar-refractivity contribution is -0.104. The predicted octanol–water partition coefficient (Wildman–Crippen LogP) is 3.53. The van der Waals surface area contributed by atoms with Crippen LogP contribution in [0.4, 0.5) is 0 Å². The number of hydrogen-bond acceptors (Lipinski definition) is 3. The van der Waals surface area contributed by atoms with Crippen molar-refractivity contribution in [3.63, 3.8) is 0 Å². The van der Waals surface area contributed by atoms with Crippen molar-refractivity contribution >= 4 is 0 Å². The van der Waals surface area contributed by atoms with Crippen molar-refractivity contribution in [2.24, 2.45) is 34.5 Å². The van der Waals surface area contributed by atoms with Crippen LogP contribution in [-0.4, -0.2) is 34.6 Å². The van der Waals surface area contributed by atoms with Crippen LogP contribution in [0.5, 0.6) is 0 Å². The van der Waals surface area contributed by atoms with Crippen LogP contribution >= 0.6 is 0 Å². The maximum Gasteiger partial charge on any atom is 0.0544 e. The molecule has 0 aromatic rings. The van der Waals surface area contributed by atoms with Crippen molar-refractivity contribution in [2.45, 2.75) is 71.8 Å². The van der Waals surface area contributed by atoms with E-state index in [-0.39, 0.29) is 36.1 Å². The van der Waals surface area contributed by atoms with Crippen molar-refractivity contribution in [3.05, 3.63) is 11.6 Å². The van der Waals surface area contributed by atoms with Gasteiger partial charge in [0.2, 0.25) is 0 Å². The van der Waals surface area contributed by atoms with Gasteiger partial charge in [0.25, 0.3) is 0 Å². The average molecular weight is 337 g/mol. The third kappa shape index (κ3) is 2.68. The highest BCUT2D eigenvalue weighted by Crippen LogP contribution is 2.63. The van der Waals surface area contributed by atoms with Gasteiger partial charge in [-0.1, -0.05) is 25.5 Å². The number of hydrogen-bond donors (Lipinski definition) is 3. The topological polar surface area (TPSA) is 60.7 Å². The Hall–Kier alpha value is -0.380. The second-order valence-electron chi connectivity index (χ2n) is 9.18. The van der Waals surface area contributed by atoms with Crippen LogP contribution in [0.15, 0.2) is 11.6 Å². The Kier molecular flexibility index (Phi) is 5.17. The summed E-state index contributed by atoms with van der Waals surface area (Å²) in [5, 5.41) is 30.3. The number of allylic oxidation sites excluding steroid dienone is 2. The molecule has 0 bridgehead atoms. The highest BCUT2D eigenvalue weighted by Gasteiger charge is 2.56. The molecule has 3 saturated carbocycles. The van der Waals surface area contributed by atoms with Gasteiger partial charge in [0, 0.05) is 13.2 Å². The standard InChI is InChI=1S/C21H36O3/c1-4-14-5-6-18-17(13-23)19(8-10-20(14,18)2)21(3)9-7-16(24)11-15(21)12-22/h4,15-19,22-24H,5-13H2,1-3H3/t15?,16?,17-,18?,19?,20?,21?/m0/s1. The number of rotatable bonds is 3. The summed E-state index contributed by atoms with van der Waals surface area (Å²) < 4.78 is 0. The second-order valence-corrected chi connectivity index (χ2v) is 9.18. The van der Waals surface area contributed by atoms with E-state index in [9.17, 15) is 15.3 Å². The molecule has 0 heterocycles. The number of aliphatic hydroxyl groups is 3. The van der Waals surface area contributed by atoms with Crippen LogP contribution in [0.2, 0.25) is 0 Å². The maximum atomic E-state index is 10.3. The van der Waals surface area contributed by atoms with Gasteiger partial charge < -0.3 is 15.3 Å². The fraction of sp³-hybridized carbons (Fsp3) is 0.905. The minimum absolute atomic E-state index is 0.0430. The molecule has 6 unspecified atom stereocenters. The molecule has 0 amide bonds. The normalized spacial score (nSPS) is 50.9. The quantitative estimate of drug-likeness (QED) is 0.691. The molecule has 3 nitrogen and oxygen atoms in total.